The first-order valence-corrected chi connectivity index (χ1v) is 5.46. The molecule has 4 nitrogen and oxygen atoms in total. The van der Waals surface area contributed by atoms with Crippen LogP contribution in [0.15, 0.2) is 0 Å². The molecule has 1 heterocycles. The lowest BCUT2D eigenvalue weighted by atomic mass is 10.1. The largest absolute Gasteiger partial charge is 0.350 e. The van der Waals surface area contributed by atoms with Crippen LogP contribution in [0.4, 0.5) is 8.78 Å². The standard InChI is InChI=1S/C6H12F2N2O2S/c7-6(8)13(11,12)10-2-1-5(3-9)4-10/h5-6H,1-4,9H2. The molecule has 0 spiro atoms. The van der Waals surface area contributed by atoms with E-state index in [1.165, 1.54) is 0 Å². The Bertz CT molecular complexity index is 268. The highest BCUT2D eigenvalue weighted by atomic mass is 32.2. The molecule has 0 aromatic carbocycles. The van der Waals surface area contributed by atoms with Gasteiger partial charge in [-0.15, -0.1) is 0 Å². The van der Waals surface area contributed by atoms with E-state index in [1.54, 1.807) is 0 Å². The van der Waals surface area contributed by atoms with E-state index in [0.717, 1.165) is 4.31 Å². The van der Waals surface area contributed by atoms with Gasteiger partial charge in [0.2, 0.25) is 0 Å². The van der Waals surface area contributed by atoms with Crippen LogP contribution in [0.3, 0.4) is 0 Å². The molecule has 78 valence electrons. The summed E-state index contributed by atoms with van der Waals surface area (Å²) < 4.78 is 46.7. The van der Waals surface area contributed by atoms with Crippen molar-refractivity contribution in [2.45, 2.75) is 12.2 Å². The van der Waals surface area contributed by atoms with Gasteiger partial charge in [0.05, 0.1) is 0 Å². The maximum absolute atomic E-state index is 12.0. The van der Waals surface area contributed by atoms with Gasteiger partial charge in [-0.3, -0.25) is 0 Å². The molecular weight excluding hydrogens is 202 g/mol. The molecule has 0 bridgehead atoms. The molecule has 0 aromatic rings. The zero-order valence-electron chi connectivity index (χ0n) is 6.99. The molecule has 0 aromatic heterocycles. The first-order chi connectivity index (χ1) is 5.98. The van der Waals surface area contributed by atoms with Gasteiger partial charge in [0.15, 0.2) is 0 Å². The second-order valence-electron chi connectivity index (χ2n) is 3.05. The van der Waals surface area contributed by atoms with E-state index in [0.29, 0.717) is 13.0 Å². The van der Waals surface area contributed by atoms with Crippen molar-refractivity contribution >= 4 is 10.0 Å². The Hall–Kier alpha value is -0.270. The molecule has 1 unspecified atom stereocenters. The Labute approximate surface area is 75.7 Å². The highest BCUT2D eigenvalue weighted by Crippen LogP contribution is 2.21. The minimum Gasteiger partial charge on any atom is -0.330 e. The number of hydrogen-bond acceptors (Lipinski definition) is 3. The van der Waals surface area contributed by atoms with Crippen molar-refractivity contribution in [1.82, 2.24) is 4.31 Å². The fraction of sp³-hybridized carbons (Fsp3) is 1.00. The van der Waals surface area contributed by atoms with Gasteiger partial charge in [0.25, 0.3) is 10.0 Å². The number of nitrogens with zero attached hydrogens (tertiary/aromatic N) is 1. The summed E-state index contributed by atoms with van der Waals surface area (Å²) in [5.74, 6) is -3.29. The van der Waals surface area contributed by atoms with Crippen LogP contribution in [0.25, 0.3) is 0 Å². The molecule has 13 heavy (non-hydrogen) atoms. The van der Waals surface area contributed by atoms with Gasteiger partial charge in [-0.25, -0.2) is 8.42 Å². The minimum absolute atomic E-state index is 0.0218. The number of hydrogen-bond donors (Lipinski definition) is 1. The highest BCUT2D eigenvalue weighted by Gasteiger charge is 2.36. The van der Waals surface area contributed by atoms with E-state index in [4.69, 9.17) is 5.73 Å². The maximum atomic E-state index is 12.0. The van der Waals surface area contributed by atoms with Crippen molar-refractivity contribution in [3.05, 3.63) is 0 Å². The van der Waals surface area contributed by atoms with Crippen LogP contribution in [0.5, 0.6) is 0 Å². The predicted octanol–water partition coefficient (Wildman–Crippen LogP) is -0.181. The van der Waals surface area contributed by atoms with Gasteiger partial charge < -0.3 is 5.73 Å². The van der Waals surface area contributed by atoms with E-state index >= 15 is 0 Å². The van der Waals surface area contributed by atoms with Gasteiger partial charge in [-0.1, -0.05) is 0 Å². The molecule has 1 aliphatic rings. The van der Waals surface area contributed by atoms with Crippen LogP contribution < -0.4 is 5.73 Å². The van der Waals surface area contributed by atoms with Gasteiger partial charge >= 0.3 is 5.76 Å². The smallest absolute Gasteiger partial charge is 0.330 e. The van der Waals surface area contributed by atoms with E-state index in [-0.39, 0.29) is 19.0 Å². The summed E-state index contributed by atoms with van der Waals surface area (Å²) in [5.41, 5.74) is 5.31. The van der Waals surface area contributed by atoms with Crippen LogP contribution in [-0.2, 0) is 10.0 Å². The van der Waals surface area contributed by atoms with Gasteiger partial charge in [0.1, 0.15) is 0 Å². The maximum Gasteiger partial charge on any atom is 0.350 e. The van der Waals surface area contributed by atoms with Crippen molar-refractivity contribution in [3.63, 3.8) is 0 Å². The summed E-state index contributed by atoms with van der Waals surface area (Å²) in [4.78, 5) is 0. The zero-order valence-corrected chi connectivity index (χ0v) is 7.80. The summed E-state index contributed by atoms with van der Waals surface area (Å²) in [5, 5.41) is 0. The van der Waals surface area contributed by atoms with E-state index < -0.39 is 15.8 Å². The molecule has 1 fully saturated rings. The molecule has 7 heteroatoms. The molecule has 1 atom stereocenters. The van der Waals surface area contributed by atoms with E-state index in [9.17, 15) is 17.2 Å². The Kier molecular flexibility index (Phi) is 3.20. The molecule has 0 radical (unpaired) electrons. The van der Waals surface area contributed by atoms with E-state index in [2.05, 4.69) is 0 Å². The van der Waals surface area contributed by atoms with Crippen LogP contribution in [0.1, 0.15) is 6.42 Å². The minimum atomic E-state index is -4.38. The van der Waals surface area contributed by atoms with Gasteiger partial charge in [-0.05, 0) is 18.9 Å². The molecule has 1 aliphatic heterocycles. The third kappa shape index (κ3) is 2.15. The number of nitrogens with two attached hydrogens (primary N) is 1. The first kappa shape index (κ1) is 10.8. The molecular formula is C6H12F2N2O2S. The summed E-state index contributed by atoms with van der Waals surface area (Å²) in [6.07, 6.45) is 0.572. The lowest BCUT2D eigenvalue weighted by molar-refractivity contribution is 0.222. The average Bonchev–Trinajstić information content (AvgIpc) is 2.51. The predicted molar refractivity (Wildman–Crippen MR) is 43.7 cm³/mol. The fourth-order valence-electron chi connectivity index (χ4n) is 1.33. The molecule has 0 saturated carbocycles. The third-order valence-electron chi connectivity index (χ3n) is 2.17. The number of alkyl halides is 2. The Morgan fingerprint density at radius 3 is 2.54 bits per heavy atom. The molecule has 1 saturated heterocycles. The topological polar surface area (TPSA) is 63.4 Å². The second kappa shape index (κ2) is 3.85. The molecule has 0 aliphatic carbocycles. The number of halogens is 2. The normalized spacial score (nSPS) is 25.7. The van der Waals surface area contributed by atoms with Crippen LogP contribution in [-0.4, -0.2) is 38.1 Å². The van der Waals surface area contributed by atoms with Crippen molar-refractivity contribution in [3.8, 4) is 0 Å². The van der Waals surface area contributed by atoms with Gasteiger partial charge in [0, 0.05) is 13.1 Å². The summed E-state index contributed by atoms with van der Waals surface area (Å²) in [7, 11) is -4.38. The quantitative estimate of drug-likeness (QED) is 0.708. The Balaban J connectivity index is 2.66. The zero-order chi connectivity index (χ0) is 10.1. The van der Waals surface area contributed by atoms with Crippen LogP contribution in [0, 0.1) is 5.92 Å². The lowest BCUT2D eigenvalue weighted by Gasteiger charge is -2.14. The summed E-state index contributed by atoms with van der Waals surface area (Å²) in [6, 6.07) is 0. The Morgan fingerprint density at radius 2 is 2.15 bits per heavy atom. The SMILES string of the molecule is NCC1CCN(S(=O)(=O)C(F)F)C1. The molecule has 0 amide bonds. The molecule has 2 N–H and O–H groups in total. The van der Waals surface area contributed by atoms with Crippen molar-refractivity contribution in [2.75, 3.05) is 19.6 Å². The van der Waals surface area contributed by atoms with Crippen LogP contribution in [0.2, 0.25) is 0 Å². The average molecular weight is 214 g/mol. The van der Waals surface area contributed by atoms with Crippen LogP contribution >= 0.6 is 0 Å². The number of sulfonamides is 1. The second-order valence-corrected chi connectivity index (χ2v) is 4.96. The lowest BCUT2D eigenvalue weighted by Crippen LogP contribution is -2.34. The fourth-order valence-corrected chi connectivity index (χ4v) is 2.34. The third-order valence-corrected chi connectivity index (χ3v) is 3.67. The van der Waals surface area contributed by atoms with Crippen molar-refractivity contribution < 1.29 is 17.2 Å². The summed E-state index contributed by atoms with van der Waals surface area (Å²) in [6.45, 7) is 0.632. The molecule has 1 rings (SSSR count). The van der Waals surface area contributed by atoms with E-state index in [1.807, 2.05) is 0 Å². The first-order valence-electron chi connectivity index (χ1n) is 3.95. The Morgan fingerprint density at radius 1 is 1.54 bits per heavy atom. The van der Waals surface area contributed by atoms with Crippen molar-refractivity contribution in [1.29, 1.82) is 0 Å². The monoisotopic (exact) mass is 214 g/mol. The van der Waals surface area contributed by atoms with Crippen molar-refractivity contribution in [2.24, 2.45) is 11.7 Å². The summed E-state index contributed by atoms with van der Waals surface area (Å²) >= 11 is 0. The number of rotatable bonds is 3. The van der Waals surface area contributed by atoms with Gasteiger partial charge in [-0.2, -0.15) is 13.1 Å². The highest BCUT2D eigenvalue weighted by molar-refractivity contribution is 7.89.